The summed E-state index contributed by atoms with van der Waals surface area (Å²) in [5.41, 5.74) is 0. The van der Waals surface area contributed by atoms with Crippen LogP contribution in [0.4, 0.5) is 4.79 Å². The minimum absolute atomic E-state index is 0.0201. The second-order valence-electron chi connectivity index (χ2n) is 5.30. The molecule has 2 aliphatic heterocycles. The first-order valence-corrected chi connectivity index (χ1v) is 6.67. The van der Waals surface area contributed by atoms with Crippen LogP contribution in [0.1, 0.15) is 19.3 Å². The van der Waals surface area contributed by atoms with Crippen molar-refractivity contribution in [1.82, 2.24) is 20.9 Å². The van der Waals surface area contributed by atoms with E-state index in [1.54, 1.807) is 0 Å². The summed E-state index contributed by atoms with van der Waals surface area (Å²) in [6, 6.07) is 0.451. The Hall–Kier alpha value is -0.810. The molecule has 5 heteroatoms. The third kappa shape index (κ3) is 4.16. The second-order valence-corrected chi connectivity index (χ2v) is 5.30. The smallest absolute Gasteiger partial charge is 0.314 e. The molecule has 0 saturated carbocycles. The molecule has 2 heterocycles. The van der Waals surface area contributed by atoms with E-state index in [-0.39, 0.29) is 6.03 Å². The molecule has 2 amide bonds. The Kier molecular flexibility index (Phi) is 4.62. The zero-order valence-electron chi connectivity index (χ0n) is 10.7. The van der Waals surface area contributed by atoms with E-state index in [2.05, 4.69) is 27.9 Å². The molecule has 0 aliphatic carbocycles. The van der Waals surface area contributed by atoms with E-state index < -0.39 is 0 Å². The first kappa shape index (κ1) is 12.6. The number of rotatable bonds is 4. The van der Waals surface area contributed by atoms with Gasteiger partial charge in [-0.05, 0) is 45.3 Å². The van der Waals surface area contributed by atoms with Crippen LogP contribution >= 0.6 is 0 Å². The van der Waals surface area contributed by atoms with Crippen molar-refractivity contribution in [2.24, 2.45) is 5.92 Å². The molecule has 2 rings (SSSR count). The van der Waals surface area contributed by atoms with E-state index in [1.165, 1.54) is 19.3 Å². The van der Waals surface area contributed by atoms with Crippen LogP contribution in [0, 0.1) is 5.92 Å². The third-order valence-electron chi connectivity index (χ3n) is 3.71. The molecule has 0 aromatic heterocycles. The summed E-state index contributed by atoms with van der Waals surface area (Å²) < 4.78 is 0. The van der Waals surface area contributed by atoms with Crippen molar-refractivity contribution in [2.75, 3.05) is 39.8 Å². The number of urea groups is 1. The highest BCUT2D eigenvalue weighted by Crippen LogP contribution is 2.12. The van der Waals surface area contributed by atoms with Crippen LogP contribution in [0.15, 0.2) is 0 Å². The summed E-state index contributed by atoms with van der Waals surface area (Å²) in [6.45, 7) is 4.89. The molecular formula is C12H24N4O. The summed E-state index contributed by atoms with van der Waals surface area (Å²) in [5.74, 6) is 0.621. The molecule has 2 aliphatic rings. The maximum absolute atomic E-state index is 11.6. The summed E-state index contributed by atoms with van der Waals surface area (Å²) in [5, 5.41) is 9.26. The molecule has 0 spiro atoms. The van der Waals surface area contributed by atoms with E-state index in [0.29, 0.717) is 12.0 Å². The summed E-state index contributed by atoms with van der Waals surface area (Å²) in [4.78, 5) is 13.9. The predicted molar refractivity (Wildman–Crippen MR) is 68.0 cm³/mol. The number of carbonyl (C=O) groups excluding carboxylic acids is 1. The highest BCUT2D eigenvalue weighted by molar-refractivity contribution is 5.73. The maximum atomic E-state index is 11.6. The second kappa shape index (κ2) is 6.21. The largest absolute Gasteiger partial charge is 0.338 e. The highest BCUT2D eigenvalue weighted by Gasteiger charge is 2.20. The molecule has 0 radical (unpaired) electrons. The van der Waals surface area contributed by atoms with E-state index in [9.17, 15) is 4.79 Å². The molecule has 0 aromatic rings. The number of nitrogens with one attached hydrogen (secondary N) is 3. The fraction of sp³-hybridized carbons (Fsp3) is 0.917. The van der Waals surface area contributed by atoms with E-state index >= 15 is 0 Å². The number of hydrogen-bond acceptors (Lipinski definition) is 3. The van der Waals surface area contributed by atoms with Gasteiger partial charge in [-0.1, -0.05) is 0 Å². The molecule has 0 bridgehead atoms. The van der Waals surface area contributed by atoms with Crippen LogP contribution in [0.2, 0.25) is 0 Å². The first-order chi connectivity index (χ1) is 8.24. The molecular weight excluding hydrogens is 216 g/mol. The Morgan fingerprint density at radius 1 is 1.35 bits per heavy atom. The molecule has 2 saturated heterocycles. The molecule has 2 atom stereocenters. The van der Waals surface area contributed by atoms with Crippen molar-refractivity contribution >= 4 is 6.03 Å². The van der Waals surface area contributed by atoms with Crippen molar-refractivity contribution in [3.8, 4) is 0 Å². The molecule has 3 N–H and O–H groups in total. The maximum Gasteiger partial charge on any atom is 0.314 e. The fourth-order valence-electron chi connectivity index (χ4n) is 2.64. The summed E-state index contributed by atoms with van der Waals surface area (Å²) >= 11 is 0. The fourth-order valence-corrected chi connectivity index (χ4v) is 2.64. The molecule has 0 aromatic carbocycles. The quantitative estimate of drug-likeness (QED) is 0.648. The van der Waals surface area contributed by atoms with Crippen LogP contribution in [0.25, 0.3) is 0 Å². The van der Waals surface area contributed by atoms with Crippen LogP contribution in [0.5, 0.6) is 0 Å². The minimum Gasteiger partial charge on any atom is -0.338 e. The average molecular weight is 240 g/mol. The molecule has 98 valence electrons. The Labute approximate surface area is 103 Å². The Morgan fingerprint density at radius 2 is 2.18 bits per heavy atom. The lowest BCUT2D eigenvalue weighted by Crippen LogP contribution is -2.43. The molecule has 2 unspecified atom stereocenters. The van der Waals surface area contributed by atoms with Gasteiger partial charge in [-0.2, -0.15) is 0 Å². The first-order valence-electron chi connectivity index (χ1n) is 6.67. The Bertz CT molecular complexity index is 253. The van der Waals surface area contributed by atoms with Gasteiger partial charge in [-0.15, -0.1) is 0 Å². The normalized spacial score (nSPS) is 29.5. The predicted octanol–water partition coefficient (Wildman–Crippen LogP) is -0.0107. The third-order valence-corrected chi connectivity index (χ3v) is 3.71. The lowest BCUT2D eigenvalue weighted by Gasteiger charge is -2.14. The van der Waals surface area contributed by atoms with Gasteiger partial charge in [-0.25, -0.2) is 4.79 Å². The monoisotopic (exact) mass is 240 g/mol. The zero-order valence-corrected chi connectivity index (χ0v) is 10.7. The van der Waals surface area contributed by atoms with E-state index in [4.69, 9.17) is 0 Å². The summed E-state index contributed by atoms with van der Waals surface area (Å²) in [7, 11) is 2.13. The molecule has 2 fully saturated rings. The van der Waals surface area contributed by atoms with E-state index in [0.717, 1.165) is 32.7 Å². The lowest BCUT2D eigenvalue weighted by molar-refractivity contribution is 0.238. The molecule has 5 nitrogen and oxygen atoms in total. The van der Waals surface area contributed by atoms with Crippen LogP contribution in [-0.4, -0.2) is 56.7 Å². The number of amides is 2. The van der Waals surface area contributed by atoms with Gasteiger partial charge >= 0.3 is 6.03 Å². The Morgan fingerprint density at radius 3 is 2.82 bits per heavy atom. The van der Waals surface area contributed by atoms with Gasteiger partial charge < -0.3 is 20.9 Å². The number of carbonyl (C=O) groups is 1. The van der Waals surface area contributed by atoms with Gasteiger partial charge in [0.1, 0.15) is 0 Å². The van der Waals surface area contributed by atoms with Gasteiger partial charge in [0, 0.05) is 25.7 Å². The number of likely N-dealkylation sites (tertiary alicyclic amines) is 1. The van der Waals surface area contributed by atoms with Gasteiger partial charge in [0.25, 0.3) is 0 Å². The molecule has 17 heavy (non-hydrogen) atoms. The van der Waals surface area contributed by atoms with Gasteiger partial charge in [0.05, 0.1) is 0 Å². The van der Waals surface area contributed by atoms with Gasteiger partial charge in [-0.3, -0.25) is 0 Å². The number of hydrogen-bond donors (Lipinski definition) is 3. The van der Waals surface area contributed by atoms with Crippen molar-refractivity contribution in [3.63, 3.8) is 0 Å². The average Bonchev–Trinajstić information content (AvgIpc) is 2.95. The lowest BCUT2D eigenvalue weighted by atomic mass is 10.1. The van der Waals surface area contributed by atoms with Gasteiger partial charge in [0.2, 0.25) is 0 Å². The van der Waals surface area contributed by atoms with Crippen molar-refractivity contribution in [2.45, 2.75) is 25.3 Å². The Balaban J connectivity index is 1.54. The van der Waals surface area contributed by atoms with Crippen LogP contribution in [0.3, 0.4) is 0 Å². The van der Waals surface area contributed by atoms with Crippen LogP contribution in [-0.2, 0) is 0 Å². The highest BCUT2D eigenvalue weighted by atomic mass is 16.2. The van der Waals surface area contributed by atoms with Crippen molar-refractivity contribution < 1.29 is 4.79 Å². The number of nitrogens with zero attached hydrogens (tertiary/aromatic N) is 1. The topological polar surface area (TPSA) is 56.4 Å². The van der Waals surface area contributed by atoms with Crippen LogP contribution < -0.4 is 16.0 Å². The minimum atomic E-state index is -0.0201. The van der Waals surface area contributed by atoms with Gasteiger partial charge in [0.15, 0.2) is 0 Å². The van der Waals surface area contributed by atoms with Crippen molar-refractivity contribution in [1.29, 1.82) is 0 Å². The standard InChI is InChI=1S/C12H24N4O/c1-16-6-4-10(9-16)7-14-12(17)15-8-11-3-2-5-13-11/h10-11,13H,2-9H2,1H3,(H2,14,15,17). The van der Waals surface area contributed by atoms with E-state index in [1.807, 2.05) is 0 Å². The zero-order chi connectivity index (χ0) is 12.1. The SMILES string of the molecule is CN1CCC(CNC(=O)NCC2CCCN2)C1. The summed E-state index contributed by atoms with van der Waals surface area (Å²) in [6.07, 6.45) is 3.59. The van der Waals surface area contributed by atoms with Crippen molar-refractivity contribution in [3.05, 3.63) is 0 Å².